The van der Waals surface area contributed by atoms with Crippen LogP contribution in [0.5, 0.6) is 0 Å². The third-order valence-corrected chi connectivity index (χ3v) is 5.95. The van der Waals surface area contributed by atoms with Crippen molar-refractivity contribution in [2.24, 2.45) is 0 Å². The summed E-state index contributed by atoms with van der Waals surface area (Å²) in [6.45, 7) is 14.2. The van der Waals surface area contributed by atoms with E-state index in [-0.39, 0.29) is 5.41 Å². The maximum atomic E-state index is 2.45. The quantitative estimate of drug-likeness (QED) is 0.403. The van der Waals surface area contributed by atoms with Crippen molar-refractivity contribution in [3.05, 3.63) is 66.4 Å². The maximum absolute atomic E-state index is 2.45. The molecule has 1 aromatic heterocycles. The van der Waals surface area contributed by atoms with Crippen LogP contribution in [0.4, 0.5) is 0 Å². The minimum Gasteiger partial charge on any atom is -0.198 e. The Labute approximate surface area is 172 Å². The second-order valence-electron chi connectivity index (χ2n) is 7.65. The highest BCUT2D eigenvalue weighted by molar-refractivity contribution is 5.93. The fraction of sp³-hybridized carbons (Fsp3) is 0.444. The van der Waals surface area contributed by atoms with E-state index in [4.69, 9.17) is 0 Å². The van der Waals surface area contributed by atoms with Gasteiger partial charge in [0.05, 0.1) is 10.9 Å². The van der Waals surface area contributed by atoms with E-state index in [2.05, 4.69) is 93.1 Å². The number of unbranched alkanes of at least 4 members (excludes halogenated alkanes) is 1. The van der Waals surface area contributed by atoms with E-state index in [1.165, 1.54) is 53.3 Å². The molecule has 0 fully saturated rings. The fourth-order valence-electron chi connectivity index (χ4n) is 3.83. The standard InChI is InChI=1S/C21H22N.C4H10.C2H6/c1-3-21(2)13-15-22-14-12-16-8-4-5-9-17(16)20(22)18-10-6-7-11-19(18)21;1-3-4-2;1-2/h4-12,14H,3,13,15H2,1-2H3;3-4H2,1-2H3;1-2H3/q+1;;. The zero-order chi connectivity index (χ0) is 20.6. The Bertz CT molecular complexity index is 878. The van der Waals surface area contributed by atoms with Crippen LogP contribution in [0.25, 0.3) is 22.0 Å². The Morgan fingerprint density at radius 2 is 1.50 bits per heavy atom. The van der Waals surface area contributed by atoms with E-state index in [0.717, 1.165) is 6.54 Å². The minimum absolute atomic E-state index is 0.254. The van der Waals surface area contributed by atoms with Gasteiger partial charge < -0.3 is 0 Å². The smallest absolute Gasteiger partial charge is 0.198 e. The van der Waals surface area contributed by atoms with E-state index >= 15 is 0 Å². The molecule has 3 aromatic rings. The lowest BCUT2D eigenvalue weighted by Crippen LogP contribution is -2.36. The molecule has 1 heteroatoms. The van der Waals surface area contributed by atoms with Crippen molar-refractivity contribution in [3.63, 3.8) is 0 Å². The van der Waals surface area contributed by atoms with Crippen LogP contribution < -0.4 is 4.57 Å². The third-order valence-electron chi connectivity index (χ3n) is 5.95. The van der Waals surface area contributed by atoms with Crippen LogP contribution in [0.3, 0.4) is 0 Å². The van der Waals surface area contributed by atoms with Gasteiger partial charge in [-0.25, -0.2) is 0 Å². The molecule has 0 amide bonds. The zero-order valence-electron chi connectivity index (χ0n) is 18.8. The van der Waals surface area contributed by atoms with Crippen molar-refractivity contribution in [3.8, 4) is 11.3 Å². The molecule has 150 valence electrons. The SMILES string of the molecule is CC.CCC1(C)CC[n+]2ccc3ccccc3c2-c2ccccc21.CCCC. The Kier molecular flexibility index (Phi) is 8.23. The monoisotopic (exact) mass is 376 g/mol. The maximum Gasteiger partial charge on any atom is 0.220 e. The van der Waals surface area contributed by atoms with E-state index in [1.54, 1.807) is 0 Å². The van der Waals surface area contributed by atoms with Crippen LogP contribution in [0.15, 0.2) is 60.8 Å². The Morgan fingerprint density at radius 3 is 2.18 bits per heavy atom. The number of aromatic nitrogens is 1. The molecule has 1 nitrogen and oxygen atoms in total. The molecule has 1 atom stereocenters. The molecule has 0 aliphatic carbocycles. The average Bonchev–Trinajstić information content (AvgIpc) is 2.91. The molecule has 2 heterocycles. The number of nitrogens with zero attached hydrogens (tertiary/aromatic N) is 1. The summed E-state index contributed by atoms with van der Waals surface area (Å²) in [5.74, 6) is 0. The second-order valence-corrected chi connectivity index (χ2v) is 7.65. The van der Waals surface area contributed by atoms with Gasteiger partial charge in [-0.15, -0.1) is 0 Å². The summed E-state index contributed by atoms with van der Waals surface area (Å²) >= 11 is 0. The molecule has 1 aliphatic heterocycles. The van der Waals surface area contributed by atoms with Crippen LogP contribution in [-0.4, -0.2) is 0 Å². The highest BCUT2D eigenvalue weighted by atomic mass is 15.0. The summed E-state index contributed by atoms with van der Waals surface area (Å²) in [6, 6.07) is 20.0. The lowest BCUT2D eigenvalue weighted by atomic mass is 9.75. The summed E-state index contributed by atoms with van der Waals surface area (Å²) in [4.78, 5) is 0. The number of aryl methyl sites for hydroxylation is 1. The van der Waals surface area contributed by atoms with Gasteiger partial charge in [-0.05, 0) is 34.9 Å². The number of pyridine rings is 1. The highest BCUT2D eigenvalue weighted by Crippen LogP contribution is 2.40. The summed E-state index contributed by atoms with van der Waals surface area (Å²) in [7, 11) is 0. The summed E-state index contributed by atoms with van der Waals surface area (Å²) in [5, 5.41) is 2.68. The van der Waals surface area contributed by atoms with E-state index in [1.807, 2.05) is 13.8 Å². The summed E-state index contributed by atoms with van der Waals surface area (Å²) < 4.78 is 2.45. The van der Waals surface area contributed by atoms with Gasteiger partial charge in [0.15, 0.2) is 6.20 Å². The van der Waals surface area contributed by atoms with Gasteiger partial charge in [0.25, 0.3) is 0 Å². The van der Waals surface area contributed by atoms with Crippen molar-refractivity contribution >= 4 is 10.8 Å². The van der Waals surface area contributed by atoms with Gasteiger partial charge in [0.2, 0.25) is 5.69 Å². The Morgan fingerprint density at radius 1 is 0.857 bits per heavy atom. The molecule has 28 heavy (non-hydrogen) atoms. The number of rotatable bonds is 2. The predicted molar refractivity (Wildman–Crippen MR) is 124 cm³/mol. The molecular weight excluding hydrogens is 338 g/mol. The molecule has 0 spiro atoms. The fourth-order valence-corrected chi connectivity index (χ4v) is 3.83. The summed E-state index contributed by atoms with van der Waals surface area (Å²) in [5.41, 5.74) is 4.54. The van der Waals surface area contributed by atoms with Crippen LogP contribution in [-0.2, 0) is 12.0 Å². The normalized spacial score (nSPS) is 17.2. The van der Waals surface area contributed by atoms with Crippen LogP contribution in [0.1, 0.15) is 72.8 Å². The average molecular weight is 377 g/mol. The van der Waals surface area contributed by atoms with Gasteiger partial charge in [0.1, 0.15) is 6.54 Å². The van der Waals surface area contributed by atoms with Crippen molar-refractivity contribution in [2.45, 2.75) is 79.2 Å². The molecule has 2 aromatic carbocycles. The lowest BCUT2D eigenvalue weighted by molar-refractivity contribution is -0.685. The Balaban J connectivity index is 0.000000419. The van der Waals surface area contributed by atoms with E-state index in [9.17, 15) is 0 Å². The van der Waals surface area contributed by atoms with Gasteiger partial charge in [0, 0.05) is 12.5 Å². The van der Waals surface area contributed by atoms with Crippen molar-refractivity contribution in [1.29, 1.82) is 0 Å². The van der Waals surface area contributed by atoms with Crippen LogP contribution in [0.2, 0.25) is 0 Å². The van der Waals surface area contributed by atoms with Crippen molar-refractivity contribution in [2.75, 3.05) is 0 Å². The first-order valence-corrected chi connectivity index (χ1v) is 11.2. The largest absolute Gasteiger partial charge is 0.220 e. The second kappa shape index (κ2) is 10.4. The molecule has 1 aliphatic rings. The minimum atomic E-state index is 0.254. The molecule has 0 radical (unpaired) electrons. The van der Waals surface area contributed by atoms with E-state index in [0.29, 0.717) is 0 Å². The first kappa shape index (κ1) is 22.1. The number of benzene rings is 2. The number of hydrogen-bond donors (Lipinski definition) is 0. The molecule has 0 saturated carbocycles. The molecule has 0 bridgehead atoms. The highest BCUT2D eigenvalue weighted by Gasteiger charge is 2.35. The van der Waals surface area contributed by atoms with Gasteiger partial charge in [-0.2, -0.15) is 4.57 Å². The molecule has 1 unspecified atom stereocenters. The summed E-state index contributed by atoms with van der Waals surface area (Å²) in [6.07, 6.45) is 7.27. The van der Waals surface area contributed by atoms with Crippen LogP contribution in [0, 0.1) is 0 Å². The number of fused-ring (bicyclic) bond motifs is 5. The van der Waals surface area contributed by atoms with Crippen LogP contribution >= 0.6 is 0 Å². The Hall–Kier alpha value is -2.15. The third kappa shape index (κ3) is 4.46. The molecule has 0 N–H and O–H groups in total. The zero-order valence-corrected chi connectivity index (χ0v) is 18.8. The van der Waals surface area contributed by atoms with Gasteiger partial charge in [-0.3, -0.25) is 0 Å². The predicted octanol–water partition coefficient (Wildman–Crippen LogP) is 7.70. The van der Waals surface area contributed by atoms with Gasteiger partial charge in [-0.1, -0.05) is 90.8 Å². The van der Waals surface area contributed by atoms with E-state index < -0.39 is 0 Å². The van der Waals surface area contributed by atoms with Crippen molar-refractivity contribution in [1.82, 2.24) is 0 Å². The molecular formula is C27H38N+. The molecule has 0 saturated heterocycles. The topological polar surface area (TPSA) is 3.88 Å². The number of hydrogen-bond acceptors (Lipinski definition) is 0. The molecule has 4 rings (SSSR count). The van der Waals surface area contributed by atoms with Gasteiger partial charge >= 0.3 is 0 Å². The first-order valence-electron chi connectivity index (χ1n) is 11.2. The lowest BCUT2D eigenvalue weighted by Gasteiger charge is -2.27. The van der Waals surface area contributed by atoms with Crippen molar-refractivity contribution < 1.29 is 4.57 Å². The first-order chi connectivity index (χ1) is 13.6.